The third-order valence-electron chi connectivity index (χ3n) is 4.40. The SMILES string of the molecule is COC1CC(n2c(N)nc3cc(Cl)ccc32)C1(C)C. The van der Waals surface area contributed by atoms with Crippen LogP contribution in [-0.2, 0) is 4.74 Å². The summed E-state index contributed by atoms with van der Waals surface area (Å²) in [7, 11) is 1.76. The number of nitrogens with zero attached hydrogens (tertiary/aromatic N) is 2. The van der Waals surface area contributed by atoms with Crippen LogP contribution in [0.1, 0.15) is 26.3 Å². The minimum absolute atomic E-state index is 0.0517. The molecule has 19 heavy (non-hydrogen) atoms. The van der Waals surface area contributed by atoms with Gasteiger partial charge in [-0.15, -0.1) is 0 Å². The Labute approximate surface area is 117 Å². The van der Waals surface area contributed by atoms with Crippen molar-refractivity contribution in [2.24, 2.45) is 5.41 Å². The van der Waals surface area contributed by atoms with Gasteiger partial charge in [-0.05, 0) is 24.6 Å². The van der Waals surface area contributed by atoms with Crippen molar-refractivity contribution in [3.8, 4) is 0 Å². The summed E-state index contributed by atoms with van der Waals surface area (Å²) < 4.78 is 7.62. The molecule has 0 spiro atoms. The Morgan fingerprint density at radius 3 is 2.84 bits per heavy atom. The normalized spacial score (nSPS) is 25.5. The molecule has 0 aliphatic heterocycles. The summed E-state index contributed by atoms with van der Waals surface area (Å²) in [6, 6.07) is 6.02. The highest BCUT2D eigenvalue weighted by molar-refractivity contribution is 6.31. The van der Waals surface area contributed by atoms with Gasteiger partial charge in [0.15, 0.2) is 0 Å². The van der Waals surface area contributed by atoms with Crippen molar-refractivity contribution in [2.45, 2.75) is 32.4 Å². The monoisotopic (exact) mass is 279 g/mol. The number of benzene rings is 1. The molecule has 3 rings (SSSR count). The van der Waals surface area contributed by atoms with E-state index < -0.39 is 0 Å². The molecule has 5 heteroatoms. The van der Waals surface area contributed by atoms with Gasteiger partial charge in [-0.25, -0.2) is 4.98 Å². The Hall–Kier alpha value is -1.26. The Morgan fingerprint density at radius 2 is 2.21 bits per heavy atom. The van der Waals surface area contributed by atoms with Crippen molar-refractivity contribution < 1.29 is 4.74 Å². The topological polar surface area (TPSA) is 53.1 Å². The van der Waals surface area contributed by atoms with Gasteiger partial charge in [0, 0.05) is 23.6 Å². The quantitative estimate of drug-likeness (QED) is 0.918. The summed E-state index contributed by atoms with van der Waals surface area (Å²) in [4.78, 5) is 4.41. The fourth-order valence-electron chi connectivity index (χ4n) is 3.12. The lowest BCUT2D eigenvalue weighted by Gasteiger charge is -2.51. The predicted molar refractivity (Wildman–Crippen MR) is 77.4 cm³/mol. The molecule has 0 bridgehead atoms. The second-order valence-electron chi connectivity index (χ2n) is 5.77. The molecule has 102 valence electrons. The summed E-state index contributed by atoms with van der Waals surface area (Å²) in [5, 5.41) is 0.680. The van der Waals surface area contributed by atoms with Crippen LogP contribution in [-0.4, -0.2) is 22.8 Å². The van der Waals surface area contributed by atoms with E-state index in [4.69, 9.17) is 22.1 Å². The molecule has 4 nitrogen and oxygen atoms in total. The number of methoxy groups -OCH3 is 1. The first-order valence-corrected chi connectivity index (χ1v) is 6.78. The summed E-state index contributed by atoms with van der Waals surface area (Å²) in [6.07, 6.45) is 1.23. The first-order valence-electron chi connectivity index (χ1n) is 6.41. The van der Waals surface area contributed by atoms with Crippen LogP contribution in [0.2, 0.25) is 5.02 Å². The Bertz CT molecular complexity index is 635. The van der Waals surface area contributed by atoms with Crippen molar-refractivity contribution in [1.82, 2.24) is 9.55 Å². The van der Waals surface area contributed by atoms with Crippen molar-refractivity contribution >= 4 is 28.6 Å². The minimum atomic E-state index is 0.0517. The summed E-state index contributed by atoms with van der Waals surface area (Å²) in [5.41, 5.74) is 8.03. The zero-order chi connectivity index (χ0) is 13.8. The summed E-state index contributed by atoms with van der Waals surface area (Å²) in [6.45, 7) is 4.41. The van der Waals surface area contributed by atoms with Gasteiger partial charge in [0.1, 0.15) is 0 Å². The molecular weight excluding hydrogens is 262 g/mol. The van der Waals surface area contributed by atoms with E-state index in [9.17, 15) is 0 Å². The van der Waals surface area contributed by atoms with Gasteiger partial charge in [-0.3, -0.25) is 0 Å². The van der Waals surface area contributed by atoms with E-state index in [1.165, 1.54) is 0 Å². The zero-order valence-electron chi connectivity index (χ0n) is 11.4. The molecular formula is C14H18ClN3O. The largest absolute Gasteiger partial charge is 0.381 e. The minimum Gasteiger partial charge on any atom is -0.381 e. The number of halogens is 1. The molecule has 1 aliphatic carbocycles. The summed E-state index contributed by atoms with van der Waals surface area (Å²) in [5.74, 6) is 0.546. The van der Waals surface area contributed by atoms with Crippen LogP contribution >= 0.6 is 11.6 Å². The molecule has 1 saturated carbocycles. The second-order valence-corrected chi connectivity index (χ2v) is 6.21. The number of rotatable bonds is 2. The van der Waals surface area contributed by atoms with Crippen molar-refractivity contribution in [3.05, 3.63) is 23.2 Å². The average Bonchev–Trinajstić information content (AvgIpc) is 2.64. The number of ether oxygens (including phenoxy) is 1. The van der Waals surface area contributed by atoms with E-state index in [1.807, 2.05) is 18.2 Å². The van der Waals surface area contributed by atoms with Crippen LogP contribution in [0.15, 0.2) is 18.2 Å². The molecule has 2 aromatic rings. The number of aromatic nitrogens is 2. The highest BCUT2D eigenvalue weighted by Crippen LogP contribution is 2.52. The van der Waals surface area contributed by atoms with Gasteiger partial charge < -0.3 is 15.0 Å². The van der Waals surface area contributed by atoms with Crippen molar-refractivity contribution in [1.29, 1.82) is 0 Å². The van der Waals surface area contributed by atoms with E-state index in [0.29, 0.717) is 17.0 Å². The number of nitrogens with two attached hydrogens (primary N) is 1. The maximum absolute atomic E-state index is 6.09. The maximum Gasteiger partial charge on any atom is 0.201 e. The molecule has 2 N–H and O–H groups in total. The van der Waals surface area contributed by atoms with Crippen LogP contribution < -0.4 is 5.73 Å². The van der Waals surface area contributed by atoms with Gasteiger partial charge in [0.2, 0.25) is 5.95 Å². The van der Waals surface area contributed by atoms with E-state index in [2.05, 4.69) is 23.4 Å². The number of imidazole rings is 1. The first-order chi connectivity index (χ1) is 8.95. The highest BCUT2D eigenvalue weighted by Gasteiger charge is 2.50. The zero-order valence-corrected chi connectivity index (χ0v) is 12.1. The number of fused-ring (bicyclic) bond motifs is 1. The number of hydrogen-bond acceptors (Lipinski definition) is 3. The Kier molecular flexibility index (Phi) is 2.76. The maximum atomic E-state index is 6.09. The Morgan fingerprint density at radius 1 is 1.47 bits per heavy atom. The van der Waals surface area contributed by atoms with Gasteiger partial charge in [-0.1, -0.05) is 25.4 Å². The van der Waals surface area contributed by atoms with Gasteiger partial charge in [0.25, 0.3) is 0 Å². The molecule has 0 saturated heterocycles. The Balaban J connectivity index is 2.09. The molecule has 0 radical (unpaired) electrons. The fraction of sp³-hybridized carbons (Fsp3) is 0.500. The van der Waals surface area contributed by atoms with Gasteiger partial charge >= 0.3 is 0 Å². The molecule has 0 amide bonds. The molecule has 1 aromatic carbocycles. The third kappa shape index (κ3) is 1.74. The van der Waals surface area contributed by atoms with Crippen molar-refractivity contribution in [2.75, 3.05) is 12.8 Å². The number of anilines is 1. The van der Waals surface area contributed by atoms with Crippen LogP contribution in [0.3, 0.4) is 0 Å². The van der Waals surface area contributed by atoms with E-state index in [1.54, 1.807) is 7.11 Å². The molecule has 1 fully saturated rings. The third-order valence-corrected chi connectivity index (χ3v) is 4.64. The van der Waals surface area contributed by atoms with Crippen LogP contribution in [0.5, 0.6) is 0 Å². The fourth-order valence-corrected chi connectivity index (χ4v) is 3.29. The highest BCUT2D eigenvalue weighted by atomic mass is 35.5. The molecule has 2 unspecified atom stereocenters. The van der Waals surface area contributed by atoms with Crippen LogP contribution in [0.4, 0.5) is 5.95 Å². The van der Waals surface area contributed by atoms with E-state index in [-0.39, 0.29) is 11.5 Å². The first kappa shape index (κ1) is 12.8. The van der Waals surface area contributed by atoms with Gasteiger partial charge in [0.05, 0.1) is 17.1 Å². The number of nitrogen functional groups attached to an aromatic ring is 1. The van der Waals surface area contributed by atoms with E-state index >= 15 is 0 Å². The van der Waals surface area contributed by atoms with E-state index in [0.717, 1.165) is 17.5 Å². The molecule has 1 heterocycles. The van der Waals surface area contributed by atoms with Gasteiger partial charge in [-0.2, -0.15) is 0 Å². The standard InChI is InChI=1S/C14H18ClN3O/c1-14(2)11(7-12(14)19-3)18-10-5-4-8(15)6-9(10)17-13(18)16/h4-6,11-12H,7H2,1-3H3,(H2,16,17). The van der Waals surface area contributed by atoms with Crippen molar-refractivity contribution in [3.63, 3.8) is 0 Å². The summed E-state index contributed by atoms with van der Waals surface area (Å²) >= 11 is 6.00. The lowest BCUT2D eigenvalue weighted by atomic mass is 9.64. The second kappa shape index (κ2) is 4.12. The average molecular weight is 280 g/mol. The lowest BCUT2D eigenvalue weighted by Crippen LogP contribution is -2.51. The smallest absolute Gasteiger partial charge is 0.201 e. The molecule has 1 aromatic heterocycles. The number of hydrogen-bond donors (Lipinski definition) is 1. The van der Waals surface area contributed by atoms with Crippen LogP contribution in [0.25, 0.3) is 11.0 Å². The lowest BCUT2D eigenvalue weighted by molar-refractivity contribution is -0.110. The molecule has 1 aliphatic rings. The van der Waals surface area contributed by atoms with Crippen LogP contribution in [0, 0.1) is 5.41 Å². The molecule has 2 atom stereocenters. The predicted octanol–water partition coefficient (Wildman–Crippen LogP) is 3.26.